The molecular weight excluding hydrogens is 425 g/mol. The summed E-state index contributed by atoms with van der Waals surface area (Å²) in [6.07, 6.45) is 0.764. The fraction of sp³-hybridized carbons (Fsp3) is 0.138. The van der Waals surface area contributed by atoms with Crippen molar-refractivity contribution in [1.29, 1.82) is 0 Å². The Morgan fingerprint density at radius 2 is 1.09 bits per heavy atom. The van der Waals surface area contributed by atoms with E-state index in [9.17, 15) is 4.79 Å². The lowest BCUT2D eigenvalue weighted by atomic mass is 10.2. The first-order valence-corrected chi connectivity index (χ1v) is 13.2. The zero-order valence-electron chi connectivity index (χ0n) is 18.5. The van der Waals surface area contributed by atoms with Crippen LogP contribution in [0, 0.1) is 0 Å². The number of amides is 1. The molecule has 1 amide bonds. The lowest BCUT2D eigenvalue weighted by Gasteiger charge is -2.31. The Morgan fingerprint density at radius 3 is 1.55 bits per heavy atom. The molecule has 1 unspecified atom stereocenters. The van der Waals surface area contributed by atoms with Gasteiger partial charge < -0.3 is 0 Å². The summed E-state index contributed by atoms with van der Waals surface area (Å²) in [6.45, 7) is 0.997. The maximum absolute atomic E-state index is 13.9. The number of carbonyl (C=O) groups excluding carboxylic acids is 1. The number of benzene rings is 4. The van der Waals surface area contributed by atoms with Gasteiger partial charge in [-0.05, 0) is 42.0 Å². The van der Waals surface area contributed by atoms with Crippen LogP contribution in [-0.4, -0.2) is 23.2 Å². The highest BCUT2D eigenvalue weighted by Crippen LogP contribution is 2.62. The molecular formula is C29H27NO2P+. The van der Waals surface area contributed by atoms with E-state index in [1.165, 1.54) is 15.9 Å². The van der Waals surface area contributed by atoms with Gasteiger partial charge in [0.05, 0.1) is 6.54 Å². The molecule has 1 fully saturated rings. The molecule has 4 aromatic carbocycles. The third-order valence-corrected chi connectivity index (χ3v) is 11.1. The molecule has 1 heterocycles. The van der Waals surface area contributed by atoms with Gasteiger partial charge in [-0.1, -0.05) is 84.9 Å². The second-order valence-corrected chi connectivity index (χ2v) is 11.9. The summed E-state index contributed by atoms with van der Waals surface area (Å²) in [7, 11) is -2.26. The average molecular weight is 453 g/mol. The van der Waals surface area contributed by atoms with Crippen LogP contribution in [0.1, 0.15) is 12.0 Å². The highest BCUT2D eigenvalue weighted by molar-refractivity contribution is 7.96. The lowest BCUT2D eigenvalue weighted by Crippen LogP contribution is -2.42. The third-order valence-electron chi connectivity index (χ3n) is 6.32. The molecule has 0 aromatic heterocycles. The SMILES string of the molecule is O=C1C([P+](c2ccccc2)(c2ccccc2)c2ccccc2)CCN1OCc1ccccc1. The number of hydrogen-bond acceptors (Lipinski definition) is 2. The van der Waals surface area contributed by atoms with Crippen LogP contribution in [0.4, 0.5) is 0 Å². The van der Waals surface area contributed by atoms with Crippen molar-refractivity contribution in [2.75, 3.05) is 6.54 Å². The Balaban J connectivity index is 1.58. The summed E-state index contributed by atoms with van der Waals surface area (Å²) in [6, 6.07) is 41.8. The van der Waals surface area contributed by atoms with Crippen LogP contribution >= 0.6 is 7.26 Å². The van der Waals surface area contributed by atoms with E-state index >= 15 is 0 Å². The number of carbonyl (C=O) groups is 1. The summed E-state index contributed by atoms with van der Waals surface area (Å²) >= 11 is 0. The molecule has 0 bridgehead atoms. The van der Waals surface area contributed by atoms with E-state index in [4.69, 9.17) is 4.84 Å². The van der Waals surface area contributed by atoms with Crippen molar-refractivity contribution in [3.05, 3.63) is 127 Å². The van der Waals surface area contributed by atoms with E-state index in [1.807, 2.05) is 48.5 Å². The smallest absolute Gasteiger partial charge is 0.268 e. The molecule has 1 aliphatic heterocycles. The van der Waals surface area contributed by atoms with Gasteiger partial charge in [-0.25, -0.2) is 5.06 Å². The summed E-state index contributed by atoms with van der Waals surface area (Å²) in [5.41, 5.74) is 0.893. The predicted molar refractivity (Wildman–Crippen MR) is 136 cm³/mol. The van der Waals surface area contributed by atoms with Crippen LogP contribution in [-0.2, 0) is 16.2 Å². The zero-order valence-corrected chi connectivity index (χ0v) is 19.4. The minimum atomic E-state index is -2.26. The van der Waals surface area contributed by atoms with E-state index in [0.717, 1.165) is 12.0 Å². The molecule has 164 valence electrons. The van der Waals surface area contributed by atoms with Gasteiger partial charge in [-0.2, -0.15) is 0 Å². The quantitative estimate of drug-likeness (QED) is 0.380. The Labute approximate surface area is 195 Å². The monoisotopic (exact) mass is 452 g/mol. The van der Waals surface area contributed by atoms with Crippen molar-refractivity contribution in [1.82, 2.24) is 5.06 Å². The Bertz CT molecular complexity index is 1090. The molecule has 4 heteroatoms. The van der Waals surface area contributed by atoms with Gasteiger partial charge in [0.15, 0.2) is 5.66 Å². The normalized spacial score (nSPS) is 16.2. The largest absolute Gasteiger partial charge is 0.288 e. The van der Waals surface area contributed by atoms with Crippen molar-refractivity contribution in [3.8, 4) is 0 Å². The van der Waals surface area contributed by atoms with Gasteiger partial charge in [-0.3, -0.25) is 9.63 Å². The second kappa shape index (κ2) is 9.70. The molecule has 1 atom stereocenters. The summed E-state index contributed by atoms with van der Waals surface area (Å²) in [4.78, 5) is 20.0. The van der Waals surface area contributed by atoms with Gasteiger partial charge in [0, 0.05) is 6.42 Å². The van der Waals surface area contributed by atoms with E-state index in [-0.39, 0.29) is 11.6 Å². The van der Waals surface area contributed by atoms with Crippen LogP contribution in [0.2, 0.25) is 0 Å². The number of rotatable bonds is 7. The number of hydroxylamine groups is 2. The van der Waals surface area contributed by atoms with Gasteiger partial charge in [-0.15, -0.1) is 0 Å². The van der Waals surface area contributed by atoms with E-state index < -0.39 is 7.26 Å². The van der Waals surface area contributed by atoms with Crippen LogP contribution in [0.25, 0.3) is 0 Å². The number of hydrogen-bond donors (Lipinski definition) is 0. The molecule has 4 aromatic rings. The van der Waals surface area contributed by atoms with E-state index in [0.29, 0.717) is 13.2 Å². The minimum Gasteiger partial charge on any atom is -0.268 e. The molecule has 0 aliphatic carbocycles. The van der Waals surface area contributed by atoms with Gasteiger partial charge in [0.2, 0.25) is 0 Å². The fourth-order valence-electron chi connectivity index (χ4n) is 4.83. The second-order valence-electron chi connectivity index (χ2n) is 8.23. The van der Waals surface area contributed by atoms with Crippen molar-refractivity contribution in [3.63, 3.8) is 0 Å². The van der Waals surface area contributed by atoms with Gasteiger partial charge in [0.25, 0.3) is 5.91 Å². The van der Waals surface area contributed by atoms with Crippen molar-refractivity contribution in [2.24, 2.45) is 0 Å². The van der Waals surface area contributed by atoms with E-state index in [1.54, 1.807) is 5.06 Å². The van der Waals surface area contributed by atoms with E-state index in [2.05, 4.69) is 72.8 Å². The summed E-state index contributed by atoms with van der Waals surface area (Å²) in [5.74, 6) is 0.0795. The molecule has 0 saturated carbocycles. The summed E-state index contributed by atoms with van der Waals surface area (Å²) in [5, 5.41) is 5.28. The third kappa shape index (κ3) is 4.11. The molecule has 1 aliphatic rings. The van der Waals surface area contributed by atoms with Crippen molar-refractivity contribution < 1.29 is 9.63 Å². The molecule has 5 rings (SSSR count). The standard InChI is InChI=1S/C29H27NO2P/c31-29-28(21-22-30(29)32-23-24-13-5-1-6-14-24)33(25-15-7-2-8-16-25,26-17-9-3-10-18-26)27-19-11-4-12-20-27/h1-20,28H,21-23H2/q+1. The molecule has 1 saturated heterocycles. The summed E-state index contributed by atoms with van der Waals surface area (Å²) < 4.78 is 0. The lowest BCUT2D eigenvalue weighted by molar-refractivity contribution is -0.181. The first-order valence-electron chi connectivity index (χ1n) is 11.3. The molecule has 33 heavy (non-hydrogen) atoms. The Kier molecular flexibility index (Phi) is 6.35. The Hall–Kier alpha value is -3.26. The maximum Gasteiger partial charge on any atom is 0.288 e. The van der Waals surface area contributed by atoms with Crippen LogP contribution in [0.3, 0.4) is 0 Å². The molecule has 3 nitrogen and oxygen atoms in total. The van der Waals surface area contributed by atoms with Gasteiger partial charge >= 0.3 is 0 Å². The van der Waals surface area contributed by atoms with Crippen LogP contribution in [0.5, 0.6) is 0 Å². The first-order chi connectivity index (χ1) is 16.3. The van der Waals surface area contributed by atoms with Crippen LogP contribution < -0.4 is 15.9 Å². The highest BCUT2D eigenvalue weighted by atomic mass is 31.2. The first kappa shape index (κ1) is 21.6. The fourth-order valence-corrected chi connectivity index (χ4v) is 9.69. The zero-order chi connectivity index (χ0) is 22.5. The predicted octanol–water partition coefficient (Wildman–Crippen LogP) is 4.71. The molecule has 0 spiro atoms. The minimum absolute atomic E-state index is 0.0795. The van der Waals surface area contributed by atoms with Crippen molar-refractivity contribution in [2.45, 2.75) is 18.7 Å². The van der Waals surface area contributed by atoms with Crippen molar-refractivity contribution >= 4 is 29.1 Å². The average Bonchev–Trinajstić information content (AvgIpc) is 3.26. The molecule has 0 radical (unpaired) electrons. The topological polar surface area (TPSA) is 29.5 Å². The van der Waals surface area contributed by atoms with Crippen LogP contribution in [0.15, 0.2) is 121 Å². The van der Waals surface area contributed by atoms with Gasteiger partial charge in [0.1, 0.15) is 29.8 Å². The maximum atomic E-state index is 13.9. The Morgan fingerprint density at radius 1 is 0.667 bits per heavy atom. The number of nitrogens with zero attached hydrogens (tertiary/aromatic N) is 1. The highest BCUT2D eigenvalue weighted by Gasteiger charge is 2.59. The molecule has 0 N–H and O–H groups in total.